The molecule has 0 amide bonds. The summed E-state index contributed by atoms with van der Waals surface area (Å²) < 4.78 is 12.0. The summed E-state index contributed by atoms with van der Waals surface area (Å²) in [7, 11) is -1.05. The molecule has 2 aromatic rings. The lowest BCUT2D eigenvalue weighted by Crippen LogP contribution is -2.31. The smallest absolute Gasteiger partial charge is 0.274 e. The van der Waals surface area contributed by atoms with Gasteiger partial charge in [0.1, 0.15) is 10.0 Å². The molecule has 0 spiro atoms. The Morgan fingerprint density at radius 2 is 1.92 bits per heavy atom. The van der Waals surface area contributed by atoms with Crippen LogP contribution in [0.2, 0.25) is 0 Å². The van der Waals surface area contributed by atoms with E-state index in [1.807, 2.05) is 10.8 Å². The van der Waals surface area contributed by atoms with Crippen LogP contribution in [0.4, 0.5) is 0 Å². The number of aromatic nitrogens is 2. The molecule has 0 saturated carbocycles. The number of rotatable bonds is 13. The van der Waals surface area contributed by atoms with Crippen molar-refractivity contribution in [2.24, 2.45) is 0 Å². The van der Waals surface area contributed by atoms with Crippen molar-refractivity contribution < 1.29 is 9.13 Å². The quantitative estimate of drug-likeness (QED) is 0.280. The monoisotopic (exact) mass is 433 g/mol. The summed E-state index contributed by atoms with van der Waals surface area (Å²) in [6.07, 6.45) is 4.36. The number of thiazole rings is 2. The van der Waals surface area contributed by atoms with Crippen LogP contribution in [0.5, 0.6) is 0 Å². The first-order chi connectivity index (χ1) is 12.6. The first-order valence-corrected chi connectivity index (χ1v) is 12.1. The van der Waals surface area contributed by atoms with Gasteiger partial charge in [-0.05, 0) is 0 Å². The molecular formula is C14H19N5O3S4. The average molecular weight is 434 g/mol. The van der Waals surface area contributed by atoms with Gasteiger partial charge in [0.05, 0.1) is 10.7 Å². The Kier molecular flexibility index (Phi) is 9.60. The zero-order chi connectivity index (χ0) is 18.6. The number of thioether (sulfide) groups is 1. The Hall–Kier alpha value is -1.50. The van der Waals surface area contributed by atoms with Gasteiger partial charge in [0.25, 0.3) is 6.20 Å². The fourth-order valence-corrected chi connectivity index (χ4v) is 5.29. The summed E-state index contributed by atoms with van der Waals surface area (Å²) in [6.45, 7) is 0.974. The molecule has 1 unspecified atom stereocenters. The maximum atomic E-state index is 12.0. The molecule has 0 fully saturated rings. The maximum absolute atomic E-state index is 12.0. The predicted molar refractivity (Wildman–Crippen MR) is 108 cm³/mol. The highest BCUT2D eigenvalue weighted by molar-refractivity contribution is 7.98. The van der Waals surface area contributed by atoms with Gasteiger partial charge in [-0.25, -0.2) is 9.97 Å². The number of hydrogen-bond acceptors (Lipinski definition) is 10. The van der Waals surface area contributed by atoms with Crippen LogP contribution >= 0.6 is 34.4 Å². The average Bonchev–Trinajstić information content (AvgIpc) is 3.27. The Morgan fingerprint density at radius 3 is 2.58 bits per heavy atom. The van der Waals surface area contributed by atoms with Crippen LogP contribution in [0.15, 0.2) is 35.2 Å². The summed E-state index contributed by atoms with van der Waals surface area (Å²) in [5.74, 6) is 2.77. The third kappa shape index (κ3) is 8.74. The molecule has 0 aromatic carbocycles. The van der Waals surface area contributed by atoms with Gasteiger partial charge < -0.3 is 10.6 Å². The lowest BCUT2D eigenvalue weighted by Gasteiger charge is -2.11. The van der Waals surface area contributed by atoms with E-state index in [0.29, 0.717) is 30.4 Å². The minimum Gasteiger partial charge on any atom is -0.366 e. The molecule has 0 aliphatic carbocycles. The molecule has 1 atom stereocenters. The molecule has 8 nitrogen and oxygen atoms in total. The van der Waals surface area contributed by atoms with Gasteiger partial charge in [-0.3, -0.25) is 14.3 Å². The SMILES string of the molecule is O=[N+]([O-])C=C(NCCSCc1nccs1)NCCS(=O)Cc1nccs1. The van der Waals surface area contributed by atoms with Crippen molar-refractivity contribution in [1.29, 1.82) is 0 Å². The molecule has 2 rings (SSSR count). The summed E-state index contributed by atoms with van der Waals surface area (Å²) in [4.78, 5) is 18.5. The molecule has 2 heterocycles. The molecule has 26 heavy (non-hydrogen) atoms. The van der Waals surface area contributed by atoms with E-state index in [9.17, 15) is 14.3 Å². The third-order valence-electron chi connectivity index (χ3n) is 2.92. The standard InChI is InChI=1S/C14H19N5O3S4/c20-19(21)9-12(15-1-5-23-10-13-17-2-6-24-13)16-4-8-26(22)11-14-18-3-7-25-14/h2-3,6-7,9,15-16H,1,4-5,8,10-11H2. The summed E-state index contributed by atoms with van der Waals surface area (Å²) in [5.41, 5.74) is 0. The summed E-state index contributed by atoms with van der Waals surface area (Å²) >= 11 is 4.79. The lowest BCUT2D eigenvalue weighted by molar-refractivity contribution is -0.404. The molecule has 142 valence electrons. The van der Waals surface area contributed by atoms with E-state index in [1.54, 1.807) is 35.5 Å². The van der Waals surface area contributed by atoms with Crippen molar-refractivity contribution in [2.45, 2.75) is 11.5 Å². The van der Waals surface area contributed by atoms with Crippen LogP contribution in [0.1, 0.15) is 10.0 Å². The molecule has 12 heteroatoms. The van der Waals surface area contributed by atoms with Gasteiger partial charge in [-0.2, -0.15) is 11.8 Å². The number of nitrogens with zero attached hydrogens (tertiary/aromatic N) is 3. The van der Waals surface area contributed by atoms with Gasteiger partial charge in [0, 0.05) is 64.3 Å². The molecule has 0 radical (unpaired) electrons. The van der Waals surface area contributed by atoms with Crippen molar-refractivity contribution >= 4 is 45.2 Å². The Morgan fingerprint density at radius 1 is 1.23 bits per heavy atom. The van der Waals surface area contributed by atoms with Crippen LogP contribution in [0.3, 0.4) is 0 Å². The number of hydrogen-bond donors (Lipinski definition) is 2. The fraction of sp³-hybridized carbons (Fsp3) is 0.429. The van der Waals surface area contributed by atoms with Gasteiger partial charge in [-0.15, -0.1) is 22.7 Å². The zero-order valence-electron chi connectivity index (χ0n) is 13.8. The second-order valence-electron chi connectivity index (χ2n) is 4.87. The van der Waals surface area contributed by atoms with Gasteiger partial charge in [0.2, 0.25) is 0 Å². The Balaban J connectivity index is 1.64. The molecule has 0 aliphatic rings. The summed E-state index contributed by atoms with van der Waals surface area (Å²) in [5, 5.41) is 22.4. The van der Waals surface area contributed by atoms with Crippen molar-refractivity contribution in [3.8, 4) is 0 Å². The third-order valence-corrected chi connectivity index (χ3v) is 7.07. The molecular weight excluding hydrogens is 414 g/mol. The molecule has 2 N–H and O–H groups in total. The normalized spacial score (nSPS) is 12.7. The van der Waals surface area contributed by atoms with Crippen molar-refractivity contribution in [2.75, 3.05) is 24.6 Å². The largest absolute Gasteiger partial charge is 0.366 e. The van der Waals surface area contributed by atoms with Crippen LogP contribution < -0.4 is 10.6 Å². The van der Waals surface area contributed by atoms with E-state index in [-0.39, 0.29) is 0 Å². The minimum absolute atomic E-state index is 0.330. The van der Waals surface area contributed by atoms with E-state index < -0.39 is 15.7 Å². The van der Waals surface area contributed by atoms with E-state index in [0.717, 1.165) is 27.7 Å². The second-order valence-corrected chi connectivity index (χ2v) is 9.51. The highest BCUT2D eigenvalue weighted by atomic mass is 32.2. The van der Waals surface area contributed by atoms with Crippen molar-refractivity contribution in [3.05, 3.63) is 55.3 Å². The van der Waals surface area contributed by atoms with Gasteiger partial charge in [0.15, 0.2) is 5.82 Å². The van der Waals surface area contributed by atoms with Gasteiger partial charge in [-0.1, -0.05) is 0 Å². The second kappa shape index (κ2) is 12.0. The molecule has 0 bridgehead atoms. The first-order valence-electron chi connectivity index (χ1n) is 7.66. The molecule has 0 saturated heterocycles. The van der Waals surface area contributed by atoms with Crippen LogP contribution in [0, 0.1) is 10.1 Å². The van der Waals surface area contributed by atoms with Crippen LogP contribution in [-0.4, -0.2) is 43.7 Å². The topological polar surface area (TPSA) is 110 Å². The Labute approximate surface area is 166 Å². The fourth-order valence-electron chi connectivity index (χ4n) is 1.83. The van der Waals surface area contributed by atoms with E-state index >= 15 is 0 Å². The first kappa shape index (κ1) is 20.8. The van der Waals surface area contributed by atoms with Gasteiger partial charge >= 0.3 is 0 Å². The van der Waals surface area contributed by atoms with Crippen LogP contribution in [-0.2, 0) is 22.3 Å². The Bertz CT molecular complexity index is 706. The predicted octanol–water partition coefficient (Wildman–Crippen LogP) is 2.04. The minimum atomic E-state index is -1.05. The molecule has 0 aliphatic heterocycles. The van der Waals surface area contributed by atoms with Crippen LogP contribution in [0.25, 0.3) is 0 Å². The molecule has 2 aromatic heterocycles. The maximum Gasteiger partial charge on any atom is 0.274 e. The highest BCUT2D eigenvalue weighted by Crippen LogP contribution is 2.13. The number of nitrogens with one attached hydrogen (secondary N) is 2. The lowest BCUT2D eigenvalue weighted by atomic mass is 10.6. The highest BCUT2D eigenvalue weighted by Gasteiger charge is 2.06. The van der Waals surface area contributed by atoms with E-state index in [1.165, 1.54) is 11.3 Å². The number of nitro groups is 1. The van der Waals surface area contributed by atoms with Crippen molar-refractivity contribution in [3.63, 3.8) is 0 Å². The van der Waals surface area contributed by atoms with E-state index in [2.05, 4.69) is 20.6 Å². The van der Waals surface area contributed by atoms with Crippen molar-refractivity contribution in [1.82, 2.24) is 20.6 Å². The summed E-state index contributed by atoms with van der Waals surface area (Å²) in [6, 6.07) is 0. The van der Waals surface area contributed by atoms with E-state index in [4.69, 9.17) is 0 Å². The zero-order valence-corrected chi connectivity index (χ0v) is 17.1.